The summed E-state index contributed by atoms with van der Waals surface area (Å²) in [5.74, 6) is 0. The summed E-state index contributed by atoms with van der Waals surface area (Å²) >= 11 is 6.06. The van der Waals surface area contributed by atoms with Crippen LogP contribution < -0.4 is 5.69 Å². The van der Waals surface area contributed by atoms with Crippen molar-refractivity contribution >= 4 is 34.0 Å². The fraction of sp³-hybridized carbons (Fsp3) is 0. The minimum Gasteiger partial charge on any atom is -0.319 e. The molecule has 0 saturated carbocycles. The normalized spacial score (nSPS) is 10.5. The average molecular weight is 186 g/mol. The van der Waals surface area contributed by atoms with Gasteiger partial charge in [0.1, 0.15) is 0 Å². The van der Waals surface area contributed by atoms with Gasteiger partial charge < -0.3 is 4.98 Å². The van der Waals surface area contributed by atoms with Crippen LogP contribution in [0.2, 0.25) is 0 Å². The predicted molar refractivity (Wildman–Crippen MR) is 43.2 cm³/mol. The smallest absolute Gasteiger partial charge is 0.319 e. The second kappa shape index (κ2) is 2.21. The maximum Gasteiger partial charge on any atom is 0.362 e. The van der Waals surface area contributed by atoms with Crippen molar-refractivity contribution in [3.05, 3.63) is 14.4 Å². The molecule has 0 radical (unpaired) electrons. The number of rotatable bonds is 0. The van der Waals surface area contributed by atoms with Crippen LogP contribution in [0.15, 0.2) is 4.79 Å². The van der Waals surface area contributed by atoms with Crippen molar-refractivity contribution in [3.8, 4) is 0 Å². The molecule has 2 N–H and O–H groups in total. The van der Waals surface area contributed by atoms with Crippen molar-refractivity contribution in [1.29, 1.82) is 0 Å². The molecule has 0 atom stereocenters. The van der Waals surface area contributed by atoms with Crippen LogP contribution >= 0.6 is 23.6 Å². The molecule has 0 aliphatic carbocycles. The maximum absolute atomic E-state index is 10.6. The van der Waals surface area contributed by atoms with Crippen molar-refractivity contribution in [2.75, 3.05) is 0 Å². The molecule has 0 unspecified atom stereocenters. The van der Waals surface area contributed by atoms with E-state index in [0.29, 0.717) is 14.4 Å². The van der Waals surface area contributed by atoms with Crippen LogP contribution in [0.5, 0.6) is 0 Å². The van der Waals surface area contributed by atoms with E-state index < -0.39 is 5.69 Å². The van der Waals surface area contributed by atoms with Gasteiger partial charge in [0, 0.05) is 0 Å². The van der Waals surface area contributed by atoms with Crippen LogP contribution in [0.25, 0.3) is 10.5 Å². The molecule has 2 rings (SSSR count). The SMILES string of the molecule is O=c1nc2sc(=S)[nH]c2n[nH]1. The summed E-state index contributed by atoms with van der Waals surface area (Å²) in [6, 6.07) is 0. The third-order valence-corrected chi connectivity index (χ3v) is 2.20. The molecule has 2 aromatic rings. The molecule has 0 bridgehead atoms. The first-order valence-corrected chi connectivity index (χ1v) is 3.94. The van der Waals surface area contributed by atoms with Crippen LogP contribution in [0, 0.1) is 3.95 Å². The number of thiazole rings is 1. The number of aromatic nitrogens is 4. The van der Waals surface area contributed by atoms with Gasteiger partial charge in [-0.3, -0.25) is 0 Å². The highest BCUT2D eigenvalue weighted by molar-refractivity contribution is 7.73. The number of H-pyrrole nitrogens is 2. The van der Waals surface area contributed by atoms with Gasteiger partial charge in [-0.1, -0.05) is 11.3 Å². The standard InChI is InChI=1S/C4H2N4OS2/c9-3-6-2-1(7-8-3)5-4(10)11-2/h(H,5,7,10)(H,6,8,9). The molecule has 7 heteroatoms. The van der Waals surface area contributed by atoms with Crippen LogP contribution in [0.3, 0.4) is 0 Å². The molecular weight excluding hydrogens is 184 g/mol. The number of aromatic amines is 2. The number of hydrogen-bond acceptors (Lipinski definition) is 5. The molecule has 11 heavy (non-hydrogen) atoms. The highest BCUT2D eigenvalue weighted by Crippen LogP contribution is 2.10. The van der Waals surface area contributed by atoms with Crippen LogP contribution in [0.1, 0.15) is 0 Å². The second-order valence-corrected chi connectivity index (χ2v) is 3.47. The quantitative estimate of drug-likeness (QED) is 0.585. The molecule has 5 nitrogen and oxygen atoms in total. The summed E-state index contributed by atoms with van der Waals surface area (Å²) in [4.78, 5) is 17.6. The summed E-state index contributed by atoms with van der Waals surface area (Å²) in [6.45, 7) is 0. The Morgan fingerprint density at radius 1 is 1.55 bits per heavy atom. The first kappa shape index (κ1) is 6.62. The molecule has 0 aliphatic heterocycles. The first-order valence-electron chi connectivity index (χ1n) is 2.71. The van der Waals surface area contributed by atoms with E-state index in [1.807, 2.05) is 0 Å². The first-order chi connectivity index (χ1) is 5.25. The summed E-state index contributed by atoms with van der Waals surface area (Å²) in [5.41, 5.74) is 0.0716. The monoisotopic (exact) mass is 186 g/mol. The topological polar surface area (TPSA) is 74.4 Å². The minimum atomic E-state index is -0.456. The third kappa shape index (κ3) is 1.08. The lowest BCUT2D eigenvalue weighted by atomic mass is 10.8. The summed E-state index contributed by atoms with van der Waals surface area (Å²) in [7, 11) is 0. The minimum absolute atomic E-state index is 0.456. The lowest BCUT2D eigenvalue weighted by molar-refractivity contribution is 0.954. The number of nitrogens with one attached hydrogen (secondary N) is 2. The molecular formula is C4H2N4OS2. The highest BCUT2D eigenvalue weighted by atomic mass is 32.1. The van der Waals surface area contributed by atoms with E-state index in [-0.39, 0.29) is 0 Å². The van der Waals surface area contributed by atoms with Crippen molar-refractivity contribution < 1.29 is 0 Å². The zero-order valence-electron chi connectivity index (χ0n) is 5.12. The van der Waals surface area contributed by atoms with Crippen LogP contribution in [0.4, 0.5) is 0 Å². The molecule has 0 fully saturated rings. The molecule has 2 heterocycles. The van der Waals surface area contributed by atoms with Gasteiger partial charge in [-0.25, -0.2) is 9.89 Å². The zero-order chi connectivity index (χ0) is 7.84. The Morgan fingerprint density at radius 2 is 2.36 bits per heavy atom. The Morgan fingerprint density at radius 3 is 3.18 bits per heavy atom. The van der Waals surface area contributed by atoms with Crippen molar-refractivity contribution in [2.24, 2.45) is 0 Å². The molecule has 56 valence electrons. The van der Waals surface area contributed by atoms with Gasteiger partial charge in [0.15, 0.2) is 14.4 Å². The van der Waals surface area contributed by atoms with Crippen molar-refractivity contribution in [1.82, 2.24) is 20.2 Å². The fourth-order valence-electron chi connectivity index (χ4n) is 0.684. The summed E-state index contributed by atoms with van der Waals surface area (Å²) in [6.07, 6.45) is 0. The van der Waals surface area contributed by atoms with E-state index in [4.69, 9.17) is 12.2 Å². The van der Waals surface area contributed by atoms with Crippen LogP contribution in [-0.2, 0) is 0 Å². The summed E-state index contributed by atoms with van der Waals surface area (Å²) < 4.78 is 0.569. The summed E-state index contributed by atoms with van der Waals surface area (Å²) in [5, 5.41) is 5.89. The second-order valence-electron chi connectivity index (χ2n) is 1.81. The van der Waals surface area contributed by atoms with Crippen LogP contribution in [-0.4, -0.2) is 20.2 Å². The molecule has 0 aromatic carbocycles. The highest BCUT2D eigenvalue weighted by Gasteiger charge is 1.98. The lowest BCUT2D eigenvalue weighted by Crippen LogP contribution is -2.10. The van der Waals surface area contributed by atoms with Crippen molar-refractivity contribution in [2.45, 2.75) is 0 Å². The van der Waals surface area contributed by atoms with E-state index in [1.54, 1.807) is 0 Å². The van der Waals surface area contributed by atoms with E-state index in [9.17, 15) is 4.79 Å². The van der Waals surface area contributed by atoms with Gasteiger partial charge >= 0.3 is 5.69 Å². The van der Waals surface area contributed by atoms with E-state index in [0.717, 1.165) is 0 Å². The Hall–Kier alpha value is -1.08. The molecule has 0 spiro atoms. The van der Waals surface area contributed by atoms with Gasteiger partial charge in [0.25, 0.3) is 0 Å². The van der Waals surface area contributed by atoms with E-state index in [1.165, 1.54) is 11.3 Å². The average Bonchev–Trinajstić information content (AvgIpc) is 2.27. The number of fused-ring (bicyclic) bond motifs is 1. The van der Waals surface area contributed by atoms with Gasteiger partial charge in [0.2, 0.25) is 0 Å². The van der Waals surface area contributed by atoms with Gasteiger partial charge in [0.05, 0.1) is 0 Å². The zero-order valence-corrected chi connectivity index (χ0v) is 6.75. The van der Waals surface area contributed by atoms with Gasteiger partial charge in [-0.15, -0.1) is 0 Å². The van der Waals surface area contributed by atoms with Gasteiger partial charge in [-0.2, -0.15) is 10.1 Å². The number of hydrogen-bond donors (Lipinski definition) is 2. The molecule has 0 amide bonds. The molecule has 2 aromatic heterocycles. The Kier molecular flexibility index (Phi) is 1.33. The Balaban J connectivity index is 3.03. The number of nitrogens with zero attached hydrogens (tertiary/aromatic N) is 2. The third-order valence-electron chi connectivity index (χ3n) is 1.08. The Labute approximate surface area is 69.1 Å². The Bertz CT molecular complexity index is 492. The van der Waals surface area contributed by atoms with E-state index >= 15 is 0 Å². The maximum atomic E-state index is 10.6. The van der Waals surface area contributed by atoms with Crippen molar-refractivity contribution in [3.63, 3.8) is 0 Å². The largest absolute Gasteiger partial charge is 0.362 e. The van der Waals surface area contributed by atoms with E-state index in [2.05, 4.69) is 20.2 Å². The predicted octanol–water partition coefficient (Wildman–Crippen LogP) is 0.437. The van der Waals surface area contributed by atoms with Gasteiger partial charge in [-0.05, 0) is 12.2 Å². The fourth-order valence-corrected chi connectivity index (χ4v) is 1.66. The molecule has 0 aliphatic rings. The molecule has 0 saturated heterocycles. The lowest BCUT2D eigenvalue weighted by Gasteiger charge is -1.80.